The quantitative estimate of drug-likeness (QED) is 0.354. The fourth-order valence-electron chi connectivity index (χ4n) is 3.92. The summed E-state index contributed by atoms with van der Waals surface area (Å²) in [5, 5.41) is 3.24. The number of ether oxygens (including phenoxy) is 1. The largest absolute Gasteiger partial charge is 0.497 e. The number of carbonyl (C=O) groups excluding carboxylic acids is 2. The number of nitrogens with zero attached hydrogens (tertiary/aromatic N) is 2. The number of anilines is 1. The molecule has 0 fully saturated rings. The number of methoxy groups -OCH3 is 1. The van der Waals surface area contributed by atoms with Crippen LogP contribution in [0.5, 0.6) is 5.75 Å². The molecule has 0 spiro atoms. The van der Waals surface area contributed by atoms with Gasteiger partial charge < -0.3 is 15.0 Å². The van der Waals surface area contributed by atoms with Gasteiger partial charge >= 0.3 is 0 Å². The molecule has 1 N–H and O–H groups in total. The van der Waals surface area contributed by atoms with Crippen LogP contribution in [0.15, 0.2) is 77.7 Å². The van der Waals surface area contributed by atoms with E-state index in [4.69, 9.17) is 27.9 Å². The molecule has 1 unspecified atom stereocenters. The van der Waals surface area contributed by atoms with Gasteiger partial charge in [0.15, 0.2) is 0 Å². The first-order chi connectivity index (χ1) is 18.1. The van der Waals surface area contributed by atoms with Gasteiger partial charge in [0.25, 0.3) is 10.0 Å². The normalized spacial score (nSPS) is 11.9. The Morgan fingerprint density at radius 3 is 2.18 bits per heavy atom. The molecule has 0 radical (unpaired) electrons. The van der Waals surface area contributed by atoms with Crippen LogP contribution >= 0.6 is 23.2 Å². The molecule has 0 aliphatic heterocycles. The summed E-state index contributed by atoms with van der Waals surface area (Å²) in [4.78, 5) is 28.0. The van der Waals surface area contributed by atoms with Gasteiger partial charge in [0, 0.05) is 13.6 Å². The van der Waals surface area contributed by atoms with Gasteiger partial charge in [-0.25, -0.2) is 8.42 Å². The molecule has 0 saturated heterocycles. The molecule has 11 heteroatoms. The summed E-state index contributed by atoms with van der Waals surface area (Å²) in [5.74, 6) is -0.409. The van der Waals surface area contributed by atoms with Gasteiger partial charge in [-0.2, -0.15) is 0 Å². The maximum atomic E-state index is 13.9. The van der Waals surface area contributed by atoms with E-state index in [0.717, 1.165) is 4.31 Å². The van der Waals surface area contributed by atoms with Gasteiger partial charge in [0.05, 0.1) is 27.7 Å². The van der Waals surface area contributed by atoms with Crippen LogP contribution < -0.4 is 14.4 Å². The Bertz CT molecular complexity index is 1370. The Morgan fingerprint density at radius 1 is 0.974 bits per heavy atom. The van der Waals surface area contributed by atoms with E-state index in [1.807, 2.05) is 0 Å². The highest BCUT2D eigenvalue weighted by atomic mass is 35.5. The van der Waals surface area contributed by atoms with Crippen molar-refractivity contribution in [3.63, 3.8) is 0 Å². The van der Waals surface area contributed by atoms with E-state index in [-0.39, 0.29) is 23.0 Å². The molecule has 1 atom stereocenters. The molecule has 0 aliphatic rings. The predicted octanol–water partition coefficient (Wildman–Crippen LogP) is 4.75. The molecule has 3 rings (SSSR count). The first-order valence-electron chi connectivity index (χ1n) is 11.8. The topological polar surface area (TPSA) is 96.0 Å². The smallest absolute Gasteiger partial charge is 0.264 e. The highest BCUT2D eigenvalue weighted by Crippen LogP contribution is 2.27. The molecule has 8 nitrogen and oxygen atoms in total. The maximum absolute atomic E-state index is 13.9. The van der Waals surface area contributed by atoms with Gasteiger partial charge in [0.1, 0.15) is 18.3 Å². The summed E-state index contributed by atoms with van der Waals surface area (Å²) in [6, 6.07) is 18.3. The number of benzene rings is 3. The number of amides is 2. The minimum atomic E-state index is -4.14. The Balaban J connectivity index is 2.06. The van der Waals surface area contributed by atoms with Crippen molar-refractivity contribution in [3.05, 3.63) is 88.4 Å². The molecule has 2 amide bonds. The van der Waals surface area contributed by atoms with Crippen molar-refractivity contribution in [2.75, 3.05) is 25.0 Å². The zero-order valence-electron chi connectivity index (χ0n) is 21.2. The highest BCUT2D eigenvalue weighted by Gasteiger charge is 2.33. The number of rotatable bonds is 11. The van der Waals surface area contributed by atoms with Crippen molar-refractivity contribution in [3.8, 4) is 5.75 Å². The van der Waals surface area contributed by atoms with Crippen LogP contribution in [0.2, 0.25) is 10.0 Å². The van der Waals surface area contributed by atoms with Crippen LogP contribution in [0, 0.1) is 0 Å². The van der Waals surface area contributed by atoms with Gasteiger partial charge in [-0.15, -0.1) is 0 Å². The number of likely N-dealkylation sites (N-methyl/N-ethyl adjacent to an activating group) is 1. The number of nitrogens with one attached hydrogen (secondary N) is 1. The van der Waals surface area contributed by atoms with Crippen molar-refractivity contribution in [1.82, 2.24) is 10.2 Å². The molecule has 0 heterocycles. The lowest BCUT2D eigenvalue weighted by atomic mass is 10.1. The van der Waals surface area contributed by atoms with Crippen molar-refractivity contribution >= 4 is 50.7 Å². The highest BCUT2D eigenvalue weighted by molar-refractivity contribution is 7.92. The third-order valence-corrected chi connectivity index (χ3v) is 8.47. The fraction of sp³-hybridized carbons (Fsp3) is 0.259. The first-order valence-corrected chi connectivity index (χ1v) is 14.0. The van der Waals surface area contributed by atoms with E-state index < -0.39 is 28.5 Å². The Hall–Kier alpha value is -3.27. The van der Waals surface area contributed by atoms with Crippen LogP contribution in [0.25, 0.3) is 0 Å². The second-order valence-corrected chi connectivity index (χ2v) is 11.0. The molecule has 3 aromatic carbocycles. The second kappa shape index (κ2) is 13.0. The number of halogens is 2. The van der Waals surface area contributed by atoms with Crippen molar-refractivity contribution < 1.29 is 22.7 Å². The lowest BCUT2D eigenvalue weighted by molar-refractivity contribution is -0.140. The molecule has 202 valence electrons. The summed E-state index contributed by atoms with van der Waals surface area (Å²) in [6.45, 7) is 1.25. The van der Waals surface area contributed by atoms with E-state index in [1.54, 1.807) is 67.6 Å². The standard InChI is InChI=1S/C27H29Cl2N3O5S/c1-4-25(27(34)30-2)31(17-19-10-15-23(28)24(29)16-19)26(33)18-32(20-11-13-21(37-3)14-12-20)38(35,36)22-8-6-5-7-9-22/h5-16,25H,4,17-18H2,1-3H3,(H,30,34). The predicted molar refractivity (Wildman–Crippen MR) is 149 cm³/mol. The van der Waals surface area contributed by atoms with Crippen LogP contribution in [0.4, 0.5) is 5.69 Å². The minimum Gasteiger partial charge on any atom is -0.497 e. The van der Waals surface area contributed by atoms with E-state index in [9.17, 15) is 18.0 Å². The Labute approximate surface area is 233 Å². The zero-order valence-corrected chi connectivity index (χ0v) is 23.6. The molecule has 0 saturated carbocycles. The average molecular weight is 579 g/mol. The van der Waals surface area contributed by atoms with Crippen molar-refractivity contribution in [2.24, 2.45) is 0 Å². The monoisotopic (exact) mass is 577 g/mol. The lowest BCUT2D eigenvalue weighted by Crippen LogP contribution is -2.51. The number of sulfonamides is 1. The second-order valence-electron chi connectivity index (χ2n) is 8.33. The van der Waals surface area contributed by atoms with Gasteiger partial charge in [0.2, 0.25) is 11.8 Å². The SMILES string of the molecule is CCC(C(=O)NC)N(Cc1ccc(Cl)c(Cl)c1)C(=O)CN(c1ccc(OC)cc1)S(=O)(=O)c1ccccc1. The average Bonchev–Trinajstić information content (AvgIpc) is 2.93. The molecule has 3 aromatic rings. The molecule has 0 bridgehead atoms. The number of carbonyl (C=O) groups is 2. The molecular weight excluding hydrogens is 549 g/mol. The van der Waals surface area contributed by atoms with E-state index >= 15 is 0 Å². The van der Waals surface area contributed by atoms with E-state index in [0.29, 0.717) is 27.8 Å². The summed E-state index contributed by atoms with van der Waals surface area (Å²) in [7, 11) is -1.16. The minimum absolute atomic E-state index is 0.0173. The van der Waals surface area contributed by atoms with Gasteiger partial charge in [-0.05, 0) is 60.5 Å². The molecule has 0 aliphatic carbocycles. The van der Waals surface area contributed by atoms with Gasteiger partial charge in [-0.3, -0.25) is 13.9 Å². The maximum Gasteiger partial charge on any atom is 0.264 e. The van der Waals surface area contributed by atoms with Gasteiger partial charge in [-0.1, -0.05) is 54.4 Å². The van der Waals surface area contributed by atoms with Crippen molar-refractivity contribution in [1.29, 1.82) is 0 Å². The third-order valence-electron chi connectivity index (χ3n) is 5.94. The van der Waals surface area contributed by atoms with Crippen LogP contribution in [-0.2, 0) is 26.2 Å². The fourth-order valence-corrected chi connectivity index (χ4v) is 5.67. The summed E-state index contributed by atoms with van der Waals surface area (Å²) < 4.78 is 33.7. The Morgan fingerprint density at radius 2 is 1.63 bits per heavy atom. The summed E-state index contributed by atoms with van der Waals surface area (Å²) in [5.41, 5.74) is 0.905. The molecular formula is C27H29Cl2N3O5S. The lowest BCUT2D eigenvalue weighted by Gasteiger charge is -2.33. The zero-order chi connectivity index (χ0) is 27.9. The van der Waals surface area contributed by atoms with Crippen molar-refractivity contribution in [2.45, 2.75) is 30.8 Å². The Kier molecular flexibility index (Phi) is 10.0. The van der Waals surface area contributed by atoms with Crippen LogP contribution in [0.1, 0.15) is 18.9 Å². The third kappa shape index (κ3) is 6.78. The summed E-state index contributed by atoms with van der Waals surface area (Å²) in [6.07, 6.45) is 0.306. The molecule has 38 heavy (non-hydrogen) atoms. The molecule has 0 aromatic heterocycles. The summed E-state index contributed by atoms with van der Waals surface area (Å²) >= 11 is 12.2. The number of hydrogen-bond acceptors (Lipinski definition) is 5. The van der Waals surface area contributed by atoms with Crippen LogP contribution in [0.3, 0.4) is 0 Å². The van der Waals surface area contributed by atoms with E-state index in [2.05, 4.69) is 5.32 Å². The first kappa shape index (κ1) is 29.3. The van der Waals surface area contributed by atoms with Crippen LogP contribution in [-0.4, -0.2) is 51.9 Å². The van der Waals surface area contributed by atoms with E-state index in [1.165, 1.54) is 31.2 Å². The number of hydrogen-bond donors (Lipinski definition) is 1.